The monoisotopic (exact) mass is 358 g/mol. The lowest BCUT2D eigenvalue weighted by Gasteiger charge is -2.23. The van der Waals surface area contributed by atoms with Gasteiger partial charge in [0.05, 0.1) is 0 Å². The zero-order chi connectivity index (χ0) is 18.2. The van der Waals surface area contributed by atoms with Crippen molar-refractivity contribution in [1.82, 2.24) is 5.32 Å². The normalized spacial score (nSPS) is 10.4. The molecule has 1 N–H and O–H groups in total. The number of carbonyl (C=O) groups excluding carboxylic acids is 2. The summed E-state index contributed by atoms with van der Waals surface area (Å²) in [5.41, 5.74) is 2.77. The highest BCUT2D eigenvalue weighted by molar-refractivity contribution is 6.31. The smallest absolute Gasteiger partial charge is 0.223 e. The van der Waals surface area contributed by atoms with E-state index >= 15 is 0 Å². The maximum atomic E-state index is 12.1. The highest BCUT2D eigenvalue weighted by Crippen LogP contribution is 2.26. The van der Waals surface area contributed by atoms with E-state index in [1.807, 2.05) is 43.3 Å². The predicted octanol–water partition coefficient (Wildman–Crippen LogP) is 3.75. The van der Waals surface area contributed by atoms with Crippen molar-refractivity contribution in [2.24, 2.45) is 0 Å². The summed E-state index contributed by atoms with van der Waals surface area (Å²) in [7, 11) is 0. The molecule has 2 aromatic rings. The fourth-order valence-electron chi connectivity index (χ4n) is 2.63. The molecule has 0 aliphatic heterocycles. The fourth-order valence-corrected chi connectivity index (χ4v) is 2.80. The van der Waals surface area contributed by atoms with Gasteiger partial charge in [-0.1, -0.05) is 48.0 Å². The molecule has 0 aliphatic carbocycles. The van der Waals surface area contributed by atoms with Gasteiger partial charge in [0.2, 0.25) is 11.8 Å². The summed E-state index contributed by atoms with van der Waals surface area (Å²) in [5, 5.41) is 3.51. The molecule has 4 nitrogen and oxygen atoms in total. The number of hydrogen-bond acceptors (Lipinski definition) is 2. The van der Waals surface area contributed by atoms with E-state index in [0.717, 1.165) is 17.7 Å². The van der Waals surface area contributed by atoms with Gasteiger partial charge in [0, 0.05) is 37.1 Å². The Labute approximate surface area is 153 Å². The van der Waals surface area contributed by atoms with Crippen LogP contribution in [0, 0.1) is 6.92 Å². The molecule has 0 fully saturated rings. The van der Waals surface area contributed by atoms with Crippen molar-refractivity contribution < 1.29 is 9.59 Å². The Bertz CT molecular complexity index is 732. The van der Waals surface area contributed by atoms with Crippen molar-refractivity contribution in [2.45, 2.75) is 26.7 Å². The molecule has 0 bridgehead atoms. The van der Waals surface area contributed by atoms with Gasteiger partial charge in [0.25, 0.3) is 0 Å². The number of benzene rings is 2. The van der Waals surface area contributed by atoms with Crippen molar-refractivity contribution >= 4 is 29.1 Å². The first kappa shape index (κ1) is 19.0. The van der Waals surface area contributed by atoms with Crippen LogP contribution in [-0.4, -0.2) is 24.9 Å². The second kappa shape index (κ2) is 9.23. The van der Waals surface area contributed by atoms with Gasteiger partial charge in [-0.25, -0.2) is 0 Å². The molecule has 25 heavy (non-hydrogen) atoms. The standard InChI is InChI=1S/C20H23ClN2O2/c1-15-18(21)9-6-10-19(15)23(16(2)24)14-12-20(25)22-13-11-17-7-4-3-5-8-17/h3-10H,11-14H2,1-2H3,(H,22,25). The molecule has 0 aromatic heterocycles. The van der Waals surface area contributed by atoms with E-state index in [2.05, 4.69) is 5.32 Å². The molecule has 2 aromatic carbocycles. The Morgan fingerprint density at radius 1 is 1.08 bits per heavy atom. The Kier molecular flexibility index (Phi) is 7.02. The molecular formula is C20H23ClN2O2. The lowest BCUT2D eigenvalue weighted by Crippen LogP contribution is -2.34. The average molecular weight is 359 g/mol. The number of anilines is 1. The zero-order valence-corrected chi connectivity index (χ0v) is 15.3. The van der Waals surface area contributed by atoms with Gasteiger partial charge in [0.1, 0.15) is 0 Å². The van der Waals surface area contributed by atoms with Gasteiger partial charge in [-0.05, 0) is 36.6 Å². The summed E-state index contributed by atoms with van der Waals surface area (Å²) in [5.74, 6) is -0.177. The van der Waals surface area contributed by atoms with Crippen molar-refractivity contribution in [3.05, 3.63) is 64.7 Å². The van der Waals surface area contributed by atoms with Gasteiger partial charge < -0.3 is 10.2 Å². The third-order valence-electron chi connectivity index (χ3n) is 4.05. The van der Waals surface area contributed by atoms with E-state index < -0.39 is 0 Å². The molecule has 0 saturated carbocycles. The minimum Gasteiger partial charge on any atom is -0.356 e. The Balaban J connectivity index is 1.87. The molecule has 0 heterocycles. The molecule has 0 spiro atoms. The summed E-state index contributed by atoms with van der Waals surface area (Å²) in [6, 6.07) is 15.4. The second-order valence-corrected chi connectivity index (χ2v) is 6.30. The Morgan fingerprint density at radius 2 is 1.80 bits per heavy atom. The number of nitrogens with one attached hydrogen (secondary N) is 1. The molecule has 0 unspecified atom stereocenters. The van der Waals surface area contributed by atoms with Crippen molar-refractivity contribution in [3.63, 3.8) is 0 Å². The first-order chi connectivity index (χ1) is 12.0. The lowest BCUT2D eigenvalue weighted by molar-refractivity contribution is -0.121. The summed E-state index contributed by atoms with van der Waals surface area (Å²) < 4.78 is 0. The van der Waals surface area contributed by atoms with Crippen LogP contribution in [0.1, 0.15) is 24.5 Å². The first-order valence-corrected chi connectivity index (χ1v) is 8.70. The van der Waals surface area contributed by atoms with E-state index in [1.165, 1.54) is 12.5 Å². The topological polar surface area (TPSA) is 49.4 Å². The fraction of sp³-hybridized carbons (Fsp3) is 0.300. The van der Waals surface area contributed by atoms with Crippen LogP contribution in [0.5, 0.6) is 0 Å². The van der Waals surface area contributed by atoms with Crippen LogP contribution >= 0.6 is 11.6 Å². The number of halogens is 1. The SMILES string of the molecule is CC(=O)N(CCC(=O)NCCc1ccccc1)c1cccc(Cl)c1C. The summed E-state index contributed by atoms with van der Waals surface area (Å²) in [6.45, 7) is 4.27. The average Bonchev–Trinajstić information content (AvgIpc) is 2.59. The summed E-state index contributed by atoms with van der Waals surface area (Å²) in [6.07, 6.45) is 1.04. The number of rotatable bonds is 7. The summed E-state index contributed by atoms with van der Waals surface area (Å²) >= 11 is 6.13. The third kappa shape index (κ3) is 5.61. The predicted molar refractivity (Wildman–Crippen MR) is 102 cm³/mol. The number of amides is 2. The molecule has 2 amide bonds. The highest BCUT2D eigenvalue weighted by atomic mass is 35.5. The Morgan fingerprint density at radius 3 is 2.48 bits per heavy atom. The molecular weight excluding hydrogens is 336 g/mol. The maximum Gasteiger partial charge on any atom is 0.223 e. The van der Waals surface area contributed by atoms with Crippen molar-refractivity contribution in [3.8, 4) is 0 Å². The molecule has 0 saturated heterocycles. The molecule has 5 heteroatoms. The largest absolute Gasteiger partial charge is 0.356 e. The number of nitrogens with zero attached hydrogens (tertiary/aromatic N) is 1. The molecule has 2 rings (SSSR count). The van der Waals surface area contributed by atoms with Gasteiger partial charge >= 0.3 is 0 Å². The molecule has 0 atom stereocenters. The van der Waals surface area contributed by atoms with Crippen LogP contribution in [0.25, 0.3) is 0 Å². The van der Waals surface area contributed by atoms with Crippen molar-refractivity contribution in [2.75, 3.05) is 18.0 Å². The minimum atomic E-state index is -0.109. The second-order valence-electron chi connectivity index (χ2n) is 5.89. The van der Waals surface area contributed by atoms with Crippen LogP contribution in [0.3, 0.4) is 0 Å². The maximum absolute atomic E-state index is 12.1. The highest BCUT2D eigenvalue weighted by Gasteiger charge is 2.16. The van der Waals surface area contributed by atoms with Gasteiger partial charge in [0.15, 0.2) is 0 Å². The Hall–Kier alpha value is -2.33. The lowest BCUT2D eigenvalue weighted by atomic mass is 10.1. The van der Waals surface area contributed by atoms with E-state index in [4.69, 9.17) is 11.6 Å². The summed E-state index contributed by atoms with van der Waals surface area (Å²) in [4.78, 5) is 25.6. The zero-order valence-electron chi connectivity index (χ0n) is 14.6. The van der Waals surface area contributed by atoms with Crippen LogP contribution < -0.4 is 10.2 Å². The third-order valence-corrected chi connectivity index (χ3v) is 4.46. The van der Waals surface area contributed by atoms with Gasteiger partial charge in [-0.15, -0.1) is 0 Å². The molecule has 0 aliphatic rings. The van der Waals surface area contributed by atoms with Gasteiger partial charge in [-0.3, -0.25) is 9.59 Å². The van der Waals surface area contributed by atoms with Crippen LogP contribution in [0.2, 0.25) is 5.02 Å². The quantitative estimate of drug-likeness (QED) is 0.819. The van der Waals surface area contributed by atoms with E-state index in [-0.39, 0.29) is 18.2 Å². The van der Waals surface area contributed by atoms with E-state index in [9.17, 15) is 9.59 Å². The first-order valence-electron chi connectivity index (χ1n) is 8.33. The van der Waals surface area contributed by atoms with E-state index in [1.54, 1.807) is 17.0 Å². The molecule has 132 valence electrons. The van der Waals surface area contributed by atoms with Crippen LogP contribution in [0.15, 0.2) is 48.5 Å². The van der Waals surface area contributed by atoms with Gasteiger partial charge in [-0.2, -0.15) is 0 Å². The minimum absolute atomic E-state index is 0.0677. The van der Waals surface area contributed by atoms with E-state index in [0.29, 0.717) is 18.1 Å². The number of hydrogen-bond donors (Lipinski definition) is 1. The number of carbonyl (C=O) groups is 2. The van der Waals surface area contributed by atoms with Crippen LogP contribution in [0.4, 0.5) is 5.69 Å². The molecule has 0 radical (unpaired) electrons. The van der Waals surface area contributed by atoms with Crippen molar-refractivity contribution in [1.29, 1.82) is 0 Å². The van der Waals surface area contributed by atoms with Crippen LogP contribution in [-0.2, 0) is 16.0 Å².